The zero-order valence-corrected chi connectivity index (χ0v) is 11.2. The van der Waals surface area contributed by atoms with Crippen LogP contribution in [-0.2, 0) is 6.42 Å². The second-order valence-electron chi connectivity index (χ2n) is 4.18. The maximum atomic E-state index is 5.97. The van der Waals surface area contributed by atoms with E-state index in [9.17, 15) is 0 Å². The maximum absolute atomic E-state index is 5.97. The fourth-order valence-electron chi connectivity index (χ4n) is 2.12. The number of nitrogens with zero attached hydrogens (tertiary/aromatic N) is 3. The molecule has 0 atom stereocenters. The van der Waals surface area contributed by atoms with E-state index in [0.29, 0.717) is 17.4 Å². The van der Waals surface area contributed by atoms with E-state index in [1.54, 1.807) is 23.9 Å². The maximum Gasteiger partial charge on any atom is 0.215 e. The molecule has 5 nitrogen and oxygen atoms in total. The van der Waals surface area contributed by atoms with Gasteiger partial charge in [-0.15, -0.1) is 0 Å². The summed E-state index contributed by atoms with van der Waals surface area (Å²) in [4.78, 5) is 4.36. The lowest BCUT2D eigenvalue weighted by Crippen LogP contribution is -2.07. The number of pyridine rings is 1. The highest BCUT2D eigenvalue weighted by Crippen LogP contribution is 2.23. The van der Waals surface area contributed by atoms with Gasteiger partial charge in [0.25, 0.3) is 0 Å². The summed E-state index contributed by atoms with van der Waals surface area (Å²) in [6, 6.07) is 3.52. The normalized spacial score (nSPS) is 10.7. The number of aryl methyl sites for hydroxylation is 1. The van der Waals surface area contributed by atoms with Gasteiger partial charge >= 0.3 is 0 Å². The van der Waals surface area contributed by atoms with Crippen LogP contribution in [0.1, 0.15) is 23.9 Å². The topological polar surface area (TPSA) is 66.0 Å². The first-order valence-electron chi connectivity index (χ1n) is 5.94. The number of hydrogen-bond acceptors (Lipinski definition) is 4. The van der Waals surface area contributed by atoms with Crippen molar-refractivity contribution in [2.75, 3.05) is 12.8 Å². The third-order valence-electron chi connectivity index (χ3n) is 3.08. The van der Waals surface area contributed by atoms with Crippen LogP contribution in [0.5, 0.6) is 5.88 Å². The Morgan fingerprint density at radius 2 is 2.06 bits per heavy atom. The van der Waals surface area contributed by atoms with E-state index >= 15 is 0 Å². The van der Waals surface area contributed by atoms with E-state index in [4.69, 9.17) is 10.5 Å². The van der Waals surface area contributed by atoms with Crippen LogP contribution >= 0.6 is 0 Å². The summed E-state index contributed by atoms with van der Waals surface area (Å²) in [6.45, 7) is 6.14. The van der Waals surface area contributed by atoms with Crippen molar-refractivity contribution in [2.45, 2.75) is 27.2 Å². The van der Waals surface area contributed by atoms with Crippen molar-refractivity contribution >= 4 is 5.69 Å². The van der Waals surface area contributed by atoms with Crippen LogP contribution in [0, 0.1) is 13.8 Å². The van der Waals surface area contributed by atoms with Crippen LogP contribution in [0.4, 0.5) is 5.69 Å². The van der Waals surface area contributed by atoms with Crippen LogP contribution in [0.15, 0.2) is 12.1 Å². The van der Waals surface area contributed by atoms with Crippen molar-refractivity contribution < 1.29 is 4.74 Å². The van der Waals surface area contributed by atoms with Gasteiger partial charge in [0.15, 0.2) is 5.82 Å². The zero-order chi connectivity index (χ0) is 13.3. The van der Waals surface area contributed by atoms with Gasteiger partial charge in [-0.1, -0.05) is 6.92 Å². The smallest absolute Gasteiger partial charge is 0.215 e. The van der Waals surface area contributed by atoms with Crippen molar-refractivity contribution in [3.05, 3.63) is 29.1 Å². The second-order valence-corrected chi connectivity index (χ2v) is 4.18. The van der Waals surface area contributed by atoms with Crippen LogP contribution < -0.4 is 10.5 Å². The number of aromatic nitrogens is 3. The van der Waals surface area contributed by atoms with Gasteiger partial charge in [-0.25, -0.2) is 4.68 Å². The molecule has 2 heterocycles. The standard InChI is InChI=1S/C13H18N4O/c1-5-10-8(2)16-17(9(10)3)13-11(14)6-7-12(15-13)18-4/h6-7H,5,14H2,1-4H3. The van der Waals surface area contributed by atoms with Gasteiger partial charge in [-0.05, 0) is 31.9 Å². The number of anilines is 1. The van der Waals surface area contributed by atoms with Gasteiger partial charge in [-0.3, -0.25) is 0 Å². The molecule has 0 fully saturated rings. The molecule has 5 heteroatoms. The zero-order valence-electron chi connectivity index (χ0n) is 11.2. The van der Waals surface area contributed by atoms with Gasteiger partial charge in [0.2, 0.25) is 5.88 Å². The van der Waals surface area contributed by atoms with Crippen LogP contribution in [0.3, 0.4) is 0 Å². The van der Waals surface area contributed by atoms with Crippen LogP contribution in [0.2, 0.25) is 0 Å². The molecule has 0 aliphatic carbocycles. The molecule has 2 rings (SSSR count). The molecule has 0 aromatic carbocycles. The molecule has 96 valence electrons. The Kier molecular flexibility index (Phi) is 3.23. The highest BCUT2D eigenvalue weighted by molar-refractivity contribution is 5.55. The largest absolute Gasteiger partial charge is 0.481 e. The van der Waals surface area contributed by atoms with E-state index < -0.39 is 0 Å². The fraction of sp³-hybridized carbons (Fsp3) is 0.385. The first kappa shape index (κ1) is 12.4. The molecule has 0 saturated carbocycles. The summed E-state index contributed by atoms with van der Waals surface area (Å²) in [7, 11) is 1.58. The molecule has 0 amide bonds. The predicted molar refractivity (Wildman–Crippen MR) is 71.2 cm³/mol. The van der Waals surface area contributed by atoms with Gasteiger partial charge in [0.1, 0.15) is 0 Å². The summed E-state index contributed by atoms with van der Waals surface area (Å²) < 4.78 is 6.91. The van der Waals surface area contributed by atoms with Gasteiger partial charge in [0, 0.05) is 11.8 Å². The Morgan fingerprint density at radius 3 is 2.61 bits per heavy atom. The molecule has 0 unspecified atom stereocenters. The Labute approximate surface area is 107 Å². The Morgan fingerprint density at radius 1 is 1.33 bits per heavy atom. The lowest BCUT2D eigenvalue weighted by Gasteiger charge is -2.08. The third kappa shape index (κ3) is 1.92. The van der Waals surface area contributed by atoms with Gasteiger partial charge < -0.3 is 10.5 Å². The summed E-state index contributed by atoms with van der Waals surface area (Å²) in [5.41, 5.74) is 9.87. The lowest BCUT2D eigenvalue weighted by molar-refractivity contribution is 0.397. The lowest BCUT2D eigenvalue weighted by atomic mass is 10.1. The molecule has 2 N–H and O–H groups in total. The highest BCUT2D eigenvalue weighted by atomic mass is 16.5. The Balaban J connectivity index is 2.61. The Bertz CT molecular complexity index is 575. The molecule has 2 aromatic heterocycles. The molecular formula is C13H18N4O. The molecule has 0 radical (unpaired) electrons. The van der Waals surface area contributed by atoms with Crippen LogP contribution in [-0.4, -0.2) is 21.9 Å². The van der Waals surface area contributed by atoms with E-state index in [1.165, 1.54) is 5.56 Å². The molecule has 0 saturated heterocycles. The predicted octanol–water partition coefficient (Wildman–Crippen LogP) is 2.04. The van der Waals surface area contributed by atoms with Gasteiger partial charge in [-0.2, -0.15) is 10.1 Å². The summed E-state index contributed by atoms with van der Waals surface area (Å²) in [5, 5.41) is 4.51. The number of methoxy groups -OCH3 is 1. The first-order valence-corrected chi connectivity index (χ1v) is 5.94. The van der Waals surface area contributed by atoms with Crippen molar-refractivity contribution in [2.24, 2.45) is 0 Å². The monoisotopic (exact) mass is 246 g/mol. The minimum absolute atomic E-state index is 0.532. The third-order valence-corrected chi connectivity index (χ3v) is 3.08. The number of hydrogen-bond donors (Lipinski definition) is 1. The van der Waals surface area contributed by atoms with Crippen molar-refractivity contribution in [1.29, 1.82) is 0 Å². The number of nitrogens with two attached hydrogens (primary N) is 1. The van der Waals surface area contributed by atoms with E-state index in [-0.39, 0.29) is 0 Å². The molecule has 0 spiro atoms. The fourth-order valence-corrected chi connectivity index (χ4v) is 2.12. The average Bonchev–Trinajstić information content (AvgIpc) is 2.65. The first-order chi connectivity index (χ1) is 8.58. The molecule has 18 heavy (non-hydrogen) atoms. The number of nitrogen functional groups attached to an aromatic ring is 1. The SMILES string of the molecule is CCc1c(C)nn(-c2nc(OC)ccc2N)c1C. The summed E-state index contributed by atoms with van der Waals surface area (Å²) in [5.74, 6) is 1.15. The minimum Gasteiger partial charge on any atom is -0.481 e. The quantitative estimate of drug-likeness (QED) is 0.900. The molecular weight excluding hydrogens is 228 g/mol. The second kappa shape index (κ2) is 4.68. The summed E-state index contributed by atoms with van der Waals surface area (Å²) >= 11 is 0. The van der Waals surface area contributed by atoms with Gasteiger partial charge in [0.05, 0.1) is 18.5 Å². The summed E-state index contributed by atoms with van der Waals surface area (Å²) in [6.07, 6.45) is 0.946. The van der Waals surface area contributed by atoms with Crippen molar-refractivity contribution in [1.82, 2.24) is 14.8 Å². The number of ether oxygens (including phenoxy) is 1. The molecule has 0 aliphatic heterocycles. The minimum atomic E-state index is 0.532. The van der Waals surface area contributed by atoms with E-state index in [0.717, 1.165) is 17.8 Å². The molecule has 2 aromatic rings. The Hall–Kier alpha value is -2.04. The van der Waals surface area contributed by atoms with Crippen molar-refractivity contribution in [3.63, 3.8) is 0 Å². The highest BCUT2D eigenvalue weighted by Gasteiger charge is 2.14. The molecule has 0 aliphatic rings. The van der Waals surface area contributed by atoms with Crippen LogP contribution in [0.25, 0.3) is 5.82 Å². The average molecular weight is 246 g/mol. The van der Waals surface area contributed by atoms with E-state index in [2.05, 4.69) is 17.0 Å². The number of rotatable bonds is 3. The molecule has 0 bridgehead atoms. The van der Waals surface area contributed by atoms with E-state index in [1.807, 2.05) is 13.8 Å². The van der Waals surface area contributed by atoms with Crippen molar-refractivity contribution in [3.8, 4) is 11.7 Å².